The Morgan fingerprint density at radius 3 is 2.48 bits per heavy atom. The van der Waals surface area contributed by atoms with E-state index in [0.717, 1.165) is 0 Å². The summed E-state index contributed by atoms with van der Waals surface area (Å²) < 4.78 is 16.1. The second kappa shape index (κ2) is 8.55. The summed E-state index contributed by atoms with van der Waals surface area (Å²) in [5.41, 5.74) is 1.57. The molecule has 0 heterocycles. The summed E-state index contributed by atoms with van der Waals surface area (Å²) in [6.07, 6.45) is 5.59. The van der Waals surface area contributed by atoms with Gasteiger partial charge in [0.05, 0.1) is 6.61 Å². The molecule has 0 amide bonds. The SMILES string of the molecule is C=C(C)C(=O)OCCOC1(OC)C=CC(C(=O)c2ccccc2)=CC1. The zero-order valence-corrected chi connectivity index (χ0v) is 14.5. The normalized spacial score (nSPS) is 19.2. The molecule has 0 bridgehead atoms. The fourth-order valence-electron chi connectivity index (χ4n) is 2.32. The summed E-state index contributed by atoms with van der Waals surface area (Å²) in [6, 6.07) is 9.08. The molecule has 1 aromatic carbocycles. The van der Waals surface area contributed by atoms with E-state index in [1.165, 1.54) is 7.11 Å². The second-order valence-electron chi connectivity index (χ2n) is 5.67. The molecule has 0 saturated heterocycles. The Morgan fingerprint density at radius 1 is 1.20 bits per heavy atom. The Morgan fingerprint density at radius 2 is 1.92 bits per heavy atom. The van der Waals surface area contributed by atoms with Crippen LogP contribution in [0.1, 0.15) is 23.7 Å². The minimum atomic E-state index is -0.962. The van der Waals surface area contributed by atoms with Gasteiger partial charge in [0.25, 0.3) is 0 Å². The molecule has 0 N–H and O–H groups in total. The van der Waals surface area contributed by atoms with Crippen molar-refractivity contribution in [3.63, 3.8) is 0 Å². The number of ether oxygens (including phenoxy) is 3. The molecule has 5 heteroatoms. The Bertz CT molecular complexity index is 702. The van der Waals surface area contributed by atoms with Crippen molar-refractivity contribution in [1.82, 2.24) is 0 Å². The van der Waals surface area contributed by atoms with Gasteiger partial charge < -0.3 is 14.2 Å². The zero-order valence-electron chi connectivity index (χ0n) is 14.5. The van der Waals surface area contributed by atoms with Crippen LogP contribution in [0, 0.1) is 0 Å². The molecule has 1 atom stereocenters. The highest BCUT2D eigenvalue weighted by molar-refractivity contribution is 6.10. The second-order valence-corrected chi connectivity index (χ2v) is 5.67. The number of ketones is 1. The molecule has 1 aliphatic carbocycles. The van der Waals surface area contributed by atoms with Crippen LogP contribution in [-0.4, -0.2) is 37.9 Å². The molecule has 0 aromatic heterocycles. The Hall–Kier alpha value is -2.50. The molecular weight excluding hydrogens is 320 g/mol. The van der Waals surface area contributed by atoms with Gasteiger partial charge >= 0.3 is 5.97 Å². The van der Waals surface area contributed by atoms with Gasteiger partial charge in [0.2, 0.25) is 0 Å². The van der Waals surface area contributed by atoms with Crippen molar-refractivity contribution in [2.24, 2.45) is 0 Å². The third kappa shape index (κ3) is 4.98. The number of Topliss-reactive ketones (excluding diaryl/α,β-unsaturated/α-hetero) is 1. The van der Waals surface area contributed by atoms with E-state index in [1.807, 2.05) is 18.2 Å². The molecule has 1 unspecified atom stereocenters. The molecule has 0 fully saturated rings. The lowest BCUT2D eigenvalue weighted by molar-refractivity contribution is -0.193. The van der Waals surface area contributed by atoms with Crippen molar-refractivity contribution in [1.29, 1.82) is 0 Å². The monoisotopic (exact) mass is 342 g/mol. The van der Waals surface area contributed by atoms with Crippen molar-refractivity contribution in [3.05, 3.63) is 71.8 Å². The average Bonchev–Trinajstić information content (AvgIpc) is 2.65. The van der Waals surface area contributed by atoms with Gasteiger partial charge in [-0.1, -0.05) is 49.1 Å². The highest BCUT2D eigenvalue weighted by Gasteiger charge is 2.30. The van der Waals surface area contributed by atoms with Crippen molar-refractivity contribution in [2.45, 2.75) is 19.1 Å². The summed E-state index contributed by atoms with van der Waals surface area (Å²) in [5.74, 6) is -1.46. The summed E-state index contributed by atoms with van der Waals surface area (Å²) in [7, 11) is 1.53. The van der Waals surface area contributed by atoms with E-state index in [2.05, 4.69) is 6.58 Å². The third-order valence-electron chi connectivity index (χ3n) is 3.78. The lowest BCUT2D eigenvalue weighted by Crippen LogP contribution is -2.35. The number of hydrogen-bond donors (Lipinski definition) is 0. The van der Waals surface area contributed by atoms with Gasteiger partial charge in [-0.25, -0.2) is 4.79 Å². The van der Waals surface area contributed by atoms with Gasteiger partial charge in [-0.3, -0.25) is 4.79 Å². The smallest absolute Gasteiger partial charge is 0.333 e. The standard InChI is InChI=1S/C20H22O5/c1-15(2)19(22)24-13-14-25-20(23-3)11-9-17(10-12-20)18(21)16-7-5-4-6-8-16/h4-11H,1,12-14H2,2-3H3. The number of allylic oxidation sites excluding steroid dienone is 2. The lowest BCUT2D eigenvalue weighted by Gasteiger charge is -2.30. The van der Waals surface area contributed by atoms with Crippen LogP contribution in [-0.2, 0) is 19.0 Å². The van der Waals surface area contributed by atoms with E-state index in [0.29, 0.717) is 23.1 Å². The maximum Gasteiger partial charge on any atom is 0.333 e. The molecule has 5 nitrogen and oxygen atoms in total. The van der Waals surface area contributed by atoms with Crippen LogP contribution in [0.3, 0.4) is 0 Å². The first-order chi connectivity index (χ1) is 12.0. The minimum absolute atomic E-state index is 0.0445. The van der Waals surface area contributed by atoms with Crippen molar-refractivity contribution >= 4 is 11.8 Å². The van der Waals surface area contributed by atoms with Crippen LogP contribution in [0.5, 0.6) is 0 Å². The van der Waals surface area contributed by atoms with Gasteiger partial charge in [-0.15, -0.1) is 0 Å². The molecule has 0 saturated carbocycles. The molecule has 2 rings (SSSR count). The number of hydrogen-bond acceptors (Lipinski definition) is 5. The lowest BCUT2D eigenvalue weighted by atomic mass is 9.95. The maximum atomic E-state index is 12.4. The van der Waals surface area contributed by atoms with Crippen LogP contribution < -0.4 is 0 Å². The number of carbonyl (C=O) groups is 2. The minimum Gasteiger partial charge on any atom is -0.460 e. The van der Waals surface area contributed by atoms with E-state index in [1.54, 1.807) is 37.3 Å². The van der Waals surface area contributed by atoms with Crippen LogP contribution >= 0.6 is 0 Å². The van der Waals surface area contributed by atoms with Gasteiger partial charge in [0.15, 0.2) is 11.6 Å². The van der Waals surface area contributed by atoms with Crippen molar-refractivity contribution in [3.8, 4) is 0 Å². The average molecular weight is 342 g/mol. The van der Waals surface area contributed by atoms with Crippen LogP contribution in [0.15, 0.2) is 66.3 Å². The predicted molar refractivity (Wildman–Crippen MR) is 94.1 cm³/mol. The summed E-state index contributed by atoms with van der Waals surface area (Å²) in [5, 5.41) is 0. The molecule has 0 radical (unpaired) electrons. The van der Waals surface area contributed by atoms with Crippen LogP contribution in [0.4, 0.5) is 0 Å². The highest BCUT2D eigenvalue weighted by Crippen LogP contribution is 2.27. The predicted octanol–water partition coefficient (Wildman–Crippen LogP) is 3.23. The Balaban J connectivity index is 1.92. The maximum absolute atomic E-state index is 12.4. The van der Waals surface area contributed by atoms with E-state index >= 15 is 0 Å². The first kappa shape index (κ1) is 18.8. The molecule has 25 heavy (non-hydrogen) atoms. The molecule has 1 aliphatic rings. The fraction of sp³-hybridized carbons (Fsp3) is 0.300. The molecule has 1 aromatic rings. The van der Waals surface area contributed by atoms with Crippen LogP contribution in [0.2, 0.25) is 0 Å². The summed E-state index contributed by atoms with van der Waals surface area (Å²) in [6.45, 7) is 5.37. The topological polar surface area (TPSA) is 61.8 Å². The van der Waals surface area contributed by atoms with Crippen LogP contribution in [0.25, 0.3) is 0 Å². The van der Waals surface area contributed by atoms with E-state index in [4.69, 9.17) is 14.2 Å². The van der Waals surface area contributed by atoms with E-state index in [9.17, 15) is 9.59 Å². The van der Waals surface area contributed by atoms with E-state index < -0.39 is 11.8 Å². The Kier molecular flexibility index (Phi) is 6.44. The summed E-state index contributed by atoms with van der Waals surface area (Å²) >= 11 is 0. The first-order valence-corrected chi connectivity index (χ1v) is 7.98. The van der Waals surface area contributed by atoms with Gasteiger partial charge in [-0.2, -0.15) is 0 Å². The quantitative estimate of drug-likeness (QED) is 0.239. The largest absolute Gasteiger partial charge is 0.460 e. The Labute approximate surface area is 147 Å². The molecule has 132 valence electrons. The molecule has 0 spiro atoms. The zero-order chi connectivity index (χ0) is 18.3. The molecular formula is C20H22O5. The summed E-state index contributed by atoms with van der Waals surface area (Å²) in [4.78, 5) is 23.8. The highest BCUT2D eigenvalue weighted by atomic mass is 16.7. The first-order valence-electron chi connectivity index (χ1n) is 7.98. The van der Waals surface area contributed by atoms with Gasteiger partial charge in [0, 0.05) is 30.2 Å². The number of carbonyl (C=O) groups excluding carboxylic acids is 2. The molecule has 0 aliphatic heterocycles. The van der Waals surface area contributed by atoms with E-state index in [-0.39, 0.29) is 19.0 Å². The fourth-order valence-corrected chi connectivity index (χ4v) is 2.32. The number of rotatable bonds is 8. The van der Waals surface area contributed by atoms with Crippen molar-refractivity contribution in [2.75, 3.05) is 20.3 Å². The number of benzene rings is 1. The third-order valence-corrected chi connectivity index (χ3v) is 3.78. The van der Waals surface area contributed by atoms with Gasteiger partial charge in [0.1, 0.15) is 6.61 Å². The van der Waals surface area contributed by atoms with Crippen molar-refractivity contribution < 1.29 is 23.8 Å². The van der Waals surface area contributed by atoms with Gasteiger partial charge in [-0.05, 0) is 13.0 Å². The number of esters is 1. The number of methoxy groups -OCH3 is 1.